The molecule has 0 aliphatic heterocycles. The van der Waals surface area contributed by atoms with Crippen molar-refractivity contribution in [2.24, 2.45) is 5.73 Å². The first-order valence-electron chi connectivity index (χ1n) is 4.92. The zero-order valence-electron chi connectivity index (χ0n) is 9.37. The van der Waals surface area contributed by atoms with Crippen molar-refractivity contribution in [3.63, 3.8) is 0 Å². The molecule has 0 heterocycles. The number of methoxy groups -OCH3 is 1. The van der Waals surface area contributed by atoms with E-state index in [1.54, 1.807) is 19.2 Å². The number of halogens is 2. The molecule has 0 bridgehead atoms. The topological polar surface area (TPSA) is 55.5 Å². The van der Waals surface area contributed by atoms with Gasteiger partial charge in [-0.3, -0.25) is 0 Å². The zero-order chi connectivity index (χ0) is 11.4. The van der Waals surface area contributed by atoms with E-state index >= 15 is 0 Å². The third-order valence-electron chi connectivity index (χ3n) is 2.32. The smallest absolute Gasteiger partial charge is 0.142 e. The first-order valence-corrected chi connectivity index (χ1v) is 5.30. The predicted octanol–water partition coefficient (Wildman–Crippen LogP) is 3.28. The second-order valence-electron chi connectivity index (χ2n) is 3.41. The van der Waals surface area contributed by atoms with Gasteiger partial charge in [-0.25, -0.2) is 0 Å². The Labute approximate surface area is 107 Å². The number of ether oxygens (including phenoxy) is 1. The van der Waals surface area contributed by atoms with Gasteiger partial charge in [0.25, 0.3) is 0 Å². The minimum Gasteiger partial charge on any atom is -0.506 e. The van der Waals surface area contributed by atoms with Crippen molar-refractivity contribution in [2.75, 3.05) is 7.11 Å². The molecule has 3 N–H and O–H groups in total. The zero-order valence-corrected chi connectivity index (χ0v) is 10.9. The molecule has 0 aromatic heterocycles. The van der Waals surface area contributed by atoms with Crippen LogP contribution in [0.5, 0.6) is 11.5 Å². The van der Waals surface area contributed by atoms with Gasteiger partial charge in [0.1, 0.15) is 11.5 Å². The third-order valence-corrected chi connectivity index (χ3v) is 2.62. The standard InChI is InChI=1S/C11H16ClNO2.ClH/c1-3-4-8(13)10-9(15-2)6-5-7(12)11(10)14;/h5-6,8,14H,3-4,13H2,1-2H3;1H/t8-;/m0./s1. The largest absolute Gasteiger partial charge is 0.506 e. The predicted molar refractivity (Wildman–Crippen MR) is 68.8 cm³/mol. The average Bonchev–Trinajstić information content (AvgIpc) is 2.22. The number of phenols is 1. The highest BCUT2D eigenvalue weighted by atomic mass is 35.5. The van der Waals surface area contributed by atoms with Gasteiger partial charge in [0.2, 0.25) is 0 Å². The lowest BCUT2D eigenvalue weighted by molar-refractivity contribution is 0.391. The Kier molecular flexibility index (Phi) is 6.56. The Hall–Kier alpha value is -0.640. The molecule has 1 atom stereocenters. The molecule has 0 saturated carbocycles. The summed E-state index contributed by atoms with van der Waals surface area (Å²) in [6.45, 7) is 2.04. The minimum absolute atomic E-state index is 0. The average molecular weight is 266 g/mol. The van der Waals surface area contributed by atoms with Crippen molar-refractivity contribution in [2.45, 2.75) is 25.8 Å². The van der Waals surface area contributed by atoms with Crippen LogP contribution >= 0.6 is 24.0 Å². The van der Waals surface area contributed by atoms with Crippen LogP contribution in [0.25, 0.3) is 0 Å². The van der Waals surface area contributed by atoms with E-state index in [9.17, 15) is 5.11 Å². The summed E-state index contributed by atoms with van der Waals surface area (Å²) >= 11 is 5.83. The van der Waals surface area contributed by atoms with E-state index in [0.29, 0.717) is 16.3 Å². The van der Waals surface area contributed by atoms with Crippen molar-refractivity contribution < 1.29 is 9.84 Å². The van der Waals surface area contributed by atoms with Crippen LogP contribution in [0, 0.1) is 0 Å². The van der Waals surface area contributed by atoms with Crippen molar-refractivity contribution in [1.82, 2.24) is 0 Å². The van der Waals surface area contributed by atoms with E-state index < -0.39 is 0 Å². The van der Waals surface area contributed by atoms with Gasteiger partial charge in [0.15, 0.2) is 0 Å². The van der Waals surface area contributed by atoms with Crippen LogP contribution in [0.2, 0.25) is 5.02 Å². The molecule has 0 saturated heterocycles. The molecule has 5 heteroatoms. The van der Waals surface area contributed by atoms with E-state index in [0.717, 1.165) is 12.8 Å². The fourth-order valence-corrected chi connectivity index (χ4v) is 1.72. The third kappa shape index (κ3) is 3.17. The SMILES string of the molecule is CCC[C@H](N)c1c(OC)ccc(Cl)c1O.Cl. The number of aromatic hydroxyl groups is 1. The number of benzene rings is 1. The molecule has 0 fully saturated rings. The summed E-state index contributed by atoms with van der Waals surface area (Å²) in [7, 11) is 1.55. The molecule has 0 amide bonds. The summed E-state index contributed by atoms with van der Waals surface area (Å²) in [6, 6.07) is 3.06. The summed E-state index contributed by atoms with van der Waals surface area (Å²) in [5, 5.41) is 10.1. The Bertz CT molecular complexity index is 345. The molecule has 1 aromatic carbocycles. The van der Waals surface area contributed by atoms with Gasteiger partial charge in [-0.2, -0.15) is 0 Å². The highest BCUT2D eigenvalue weighted by Crippen LogP contribution is 2.38. The van der Waals surface area contributed by atoms with Gasteiger partial charge in [-0.15, -0.1) is 12.4 Å². The molecule has 92 valence electrons. The van der Waals surface area contributed by atoms with Gasteiger partial charge in [0, 0.05) is 6.04 Å². The molecule has 0 unspecified atom stereocenters. The minimum atomic E-state index is -0.247. The Morgan fingerprint density at radius 1 is 1.50 bits per heavy atom. The summed E-state index contributed by atoms with van der Waals surface area (Å²) < 4.78 is 5.15. The van der Waals surface area contributed by atoms with Crippen LogP contribution in [-0.4, -0.2) is 12.2 Å². The van der Waals surface area contributed by atoms with Crippen LogP contribution in [-0.2, 0) is 0 Å². The van der Waals surface area contributed by atoms with Crippen LogP contribution in [0.15, 0.2) is 12.1 Å². The molecule has 0 radical (unpaired) electrons. The molecule has 1 aromatic rings. The highest BCUT2D eigenvalue weighted by molar-refractivity contribution is 6.32. The van der Waals surface area contributed by atoms with Crippen LogP contribution in [0.1, 0.15) is 31.4 Å². The van der Waals surface area contributed by atoms with Gasteiger partial charge in [0.05, 0.1) is 17.7 Å². The number of rotatable bonds is 4. The number of phenolic OH excluding ortho intramolecular Hbond substituents is 1. The Balaban J connectivity index is 0.00000225. The second kappa shape index (κ2) is 6.84. The van der Waals surface area contributed by atoms with E-state index in [1.165, 1.54) is 0 Å². The molecule has 0 aliphatic carbocycles. The van der Waals surface area contributed by atoms with Gasteiger partial charge >= 0.3 is 0 Å². The highest BCUT2D eigenvalue weighted by Gasteiger charge is 2.18. The van der Waals surface area contributed by atoms with Gasteiger partial charge in [-0.05, 0) is 18.6 Å². The molecular weight excluding hydrogens is 249 g/mol. The van der Waals surface area contributed by atoms with Crippen molar-refractivity contribution in [1.29, 1.82) is 0 Å². The van der Waals surface area contributed by atoms with E-state index in [2.05, 4.69) is 0 Å². The number of hydrogen-bond donors (Lipinski definition) is 2. The first kappa shape index (κ1) is 15.4. The van der Waals surface area contributed by atoms with E-state index in [-0.39, 0.29) is 24.2 Å². The normalized spacial score (nSPS) is 11.8. The maximum atomic E-state index is 9.81. The summed E-state index contributed by atoms with van der Waals surface area (Å²) in [5.41, 5.74) is 6.54. The van der Waals surface area contributed by atoms with Crippen molar-refractivity contribution in [3.05, 3.63) is 22.7 Å². The van der Waals surface area contributed by atoms with Crippen LogP contribution < -0.4 is 10.5 Å². The maximum Gasteiger partial charge on any atom is 0.142 e. The number of nitrogens with two attached hydrogens (primary N) is 1. The molecule has 3 nitrogen and oxygen atoms in total. The fraction of sp³-hybridized carbons (Fsp3) is 0.455. The van der Waals surface area contributed by atoms with Gasteiger partial charge in [-0.1, -0.05) is 24.9 Å². The summed E-state index contributed by atoms with van der Waals surface area (Å²) in [5.74, 6) is 0.606. The second-order valence-corrected chi connectivity index (χ2v) is 3.81. The lowest BCUT2D eigenvalue weighted by atomic mass is 10.0. The van der Waals surface area contributed by atoms with Crippen molar-refractivity contribution in [3.8, 4) is 11.5 Å². The fourth-order valence-electron chi connectivity index (χ4n) is 1.55. The summed E-state index contributed by atoms with van der Waals surface area (Å²) in [4.78, 5) is 0. The van der Waals surface area contributed by atoms with Crippen molar-refractivity contribution >= 4 is 24.0 Å². The molecule has 16 heavy (non-hydrogen) atoms. The number of hydrogen-bond acceptors (Lipinski definition) is 3. The molecule has 1 rings (SSSR count). The van der Waals surface area contributed by atoms with E-state index in [4.69, 9.17) is 22.1 Å². The van der Waals surface area contributed by atoms with Crippen LogP contribution in [0.3, 0.4) is 0 Å². The molecule has 0 aliphatic rings. The quantitative estimate of drug-likeness (QED) is 0.879. The maximum absolute atomic E-state index is 9.81. The molecular formula is C11H17Cl2NO2. The first-order chi connectivity index (χ1) is 7.11. The van der Waals surface area contributed by atoms with E-state index in [1.807, 2.05) is 6.92 Å². The van der Waals surface area contributed by atoms with Gasteiger partial charge < -0.3 is 15.6 Å². The lowest BCUT2D eigenvalue weighted by Gasteiger charge is -2.17. The monoisotopic (exact) mass is 265 g/mol. The lowest BCUT2D eigenvalue weighted by Crippen LogP contribution is -2.11. The Morgan fingerprint density at radius 2 is 2.12 bits per heavy atom. The summed E-state index contributed by atoms with van der Waals surface area (Å²) in [6.07, 6.45) is 1.72. The van der Waals surface area contributed by atoms with Crippen LogP contribution in [0.4, 0.5) is 0 Å². The molecule has 0 spiro atoms. The Morgan fingerprint density at radius 3 is 2.62 bits per heavy atom.